The van der Waals surface area contributed by atoms with E-state index in [1.54, 1.807) is 20.8 Å². The fraction of sp³-hybridized carbons (Fsp3) is 0.750. The van der Waals surface area contributed by atoms with Crippen LogP contribution in [0.25, 0.3) is 0 Å². The molecule has 1 aliphatic carbocycles. The third kappa shape index (κ3) is 2.79. The normalized spacial score (nSPS) is 26.7. The quantitative estimate of drug-likeness (QED) is 0.579. The van der Waals surface area contributed by atoms with Crippen LogP contribution in [0.1, 0.15) is 20.8 Å². The summed E-state index contributed by atoms with van der Waals surface area (Å²) in [5.41, 5.74) is -0.527. The molecule has 0 aromatic carbocycles. The van der Waals surface area contributed by atoms with E-state index in [9.17, 15) is 18.0 Å². The number of carbonyl (C=O) groups excluding carboxylic acids is 1. The first kappa shape index (κ1) is 14.9. The number of carbonyl (C=O) groups is 1. The number of rotatable bonds is 4. The highest BCUT2D eigenvalue weighted by molar-refractivity contribution is 5.78. The average molecular weight is 266 g/mol. The summed E-state index contributed by atoms with van der Waals surface area (Å²) in [5, 5.41) is 0. The van der Waals surface area contributed by atoms with Gasteiger partial charge in [0, 0.05) is 5.92 Å². The molecular weight excluding hydrogens is 249 g/mol. The maximum absolute atomic E-state index is 12.5. The zero-order chi connectivity index (χ0) is 14.1. The van der Waals surface area contributed by atoms with Gasteiger partial charge in [0.1, 0.15) is 0 Å². The van der Waals surface area contributed by atoms with Crippen molar-refractivity contribution in [1.82, 2.24) is 0 Å². The largest absolute Gasteiger partial charge is 0.492 e. The molecule has 0 saturated heterocycles. The minimum atomic E-state index is -4.54. The summed E-state index contributed by atoms with van der Waals surface area (Å²) in [6.45, 7) is 5.35. The number of allylic oxidation sites excluding steroid dienone is 2. The van der Waals surface area contributed by atoms with Crippen molar-refractivity contribution in [3.8, 4) is 0 Å². The molecule has 0 aliphatic heterocycles. The predicted molar refractivity (Wildman–Crippen MR) is 58.5 cm³/mol. The van der Waals surface area contributed by atoms with E-state index in [1.165, 1.54) is 0 Å². The maximum atomic E-state index is 12.5. The fourth-order valence-electron chi connectivity index (χ4n) is 2.11. The lowest BCUT2D eigenvalue weighted by molar-refractivity contribution is -0.145. The van der Waals surface area contributed by atoms with E-state index < -0.39 is 35.2 Å². The van der Waals surface area contributed by atoms with Crippen molar-refractivity contribution in [3.05, 3.63) is 11.8 Å². The Bertz CT molecular complexity index is 358. The smallest absolute Gasteiger partial charge is 0.448 e. The van der Waals surface area contributed by atoms with Gasteiger partial charge >= 0.3 is 12.1 Å². The van der Waals surface area contributed by atoms with E-state index in [2.05, 4.69) is 4.74 Å². The Labute approximate surface area is 104 Å². The number of methoxy groups -OCH3 is 1. The highest BCUT2D eigenvalue weighted by atomic mass is 19.4. The predicted octanol–water partition coefficient (Wildman–Crippen LogP) is 2.91. The molecule has 1 fully saturated rings. The molecule has 0 bridgehead atoms. The van der Waals surface area contributed by atoms with Gasteiger partial charge in [0.05, 0.1) is 19.6 Å². The van der Waals surface area contributed by atoms with Crippen molar-refractivity contribution >= 4 is 5.97 Å². The SMILES string of the molecule is CCOC(=O)C1C(C=C(OC)C(F)(F)F)C1(C)C. The van der Waals surface area contributed by atoms with Crippen molar-refractivity contribution in [2.24, 2.45) is 17.3 Å². The van der Waals surface area contributed by atoms with Crippen LogP contribution in [-0.4, -0.2) is 25.9 Å². The summed E-state index contributed by atoms with van der Waals surface area (Å²) in [6, 6.07) is 0. The molecule has 3 nitrogen and oxygen atoms in total. The van der Waals surface area contributed by atoms with Crippen molar-refractivity contribution in [2.45, 2.75) is 26.9 Å². The standard InChI is InChI=1S/C12H17F3O3/c1-5-18-10(16)9-7(11(9,2)3)6-8(17-4)12(13,14)15/h6-7,9H,5H2,1-4H3. The van der Waals surface area contributed by atoms with Gasteiger partial charge in [0.2, 0.25) is 0 Å². The number of esters is 1. The summed E-state index contributed by atoms with van der Waals surface area (Å²) in [4.78, 5) is 11.6. The van der Waals surface area contributed by atoms with Crippen LogP contribution in [0.2, 0.25) is 0 Å². The average Bonchev–Trinajstić information content (AvgIpc) is 2.75. The molecule has 1 rings (SSSR count). The molecule has 18 heavy (non-hydrogen) atoms. The Kier molecular flexibility index (Phi) is 3.98. The fourth-order valence-corrected chi connectivity index (χ4v) is 2.11. The van der Waals surface area contributed by atoms with E-state index in [-0.39, 0.29) is 6.61 Å². The Balaban J connectivity index is 2.86. The summed E-state index contributed by atoms with van der Waals surface area (Å²) in [7, 11) is 0.966. The van der Waals surface area contributed by atoms with Crippen LogP contribution in [0, 0.1) is 17.3 Å². The summed E-state index contributed by atoms with van der Waals surface area (Å²) >= 11 is 0. The highest BCUT2D eigenvalue weighted by Crippen LogP contribution is 2.60. The third-order valence-electron chi connectivity index (χ3n) is 3.28. The van der Waals surface area contributed by atoms with Gasteiger partial charge in [-0.25, -0.2) is 0 Å². The lowest BCUT2D eigenvalue weighted by Gasteiger charge is -2.10. The van der Waals surface area contributed by atoms with Crippen molar-refractivity contribution in [1.29, 1.82) is 0 Å². The molecule has 0 N–H and O–H groups in total. The van der Waals surface area contributed by atoms with Crippen LogP contribution in [0.3, 0.4) is 0 Å². The molecular formula is C12H17F3O3. The Morgan fingerprint density at radius 3 is 2.33 bits per heavy atom. The van der Waals surface area contributed by atoms with Crippen molar-refractivity contribution in [3.63, 3.8) is 0 Å². The second kappa shape index (κ2) is 4.82. The van der Waals surface area contributed by atoms with Gasteiger partial charge in [-0.15, -0.1) is 0 Å². The lowest BCUT2D eigenvalue weighted by atomic mass is 10.1. The summed E-state index contributed by atoms with van der Waals surface area (Å²) in [5.74, 6) is -2.56. The van der Waals surface area contributed by atoms with Crippen LogP contribution in [0.5, 0.6) is 0 Å². The molecule has 0 amide bonds. The molecule has 0 aromatic heterocycles. The van der Waals surface area contributed by atoms with Gasteiger partial charge in [-0.3, -0.25) is 4.79 Å². The second-order valence-corrected chi connectivity index (χ2v) is 4.81. The molecule has 1 aliphatic rings. The van der Waals surface area contributed by atoms with Gasteiger partial charge in [-0.2, -0.15) is 13.2 Å². The highest BCUT2D eigenvalue weighted by Gasteiger charge is 2.62. The summed E-state index contributed by atoms with van der Waals surface area (Å²) < 4.78 is 46.8. The molecule has 0 heterocycles. The van der Waals surface area contributed by atoms with Gasteiger partial charge in [0.15, 0.2) is 5.76 Å². The summed E-state index contributed by atoms with van der Waals surface area (Å²) in [6.07, 6.45) is -3.56. The zero-order valence-electron chi connectivity index (χ0n) is 10.8. The van der Waals surface area contributed by atoms with Gasteiger partial charge in [-0.1, -0.05) is 13.8 Å². The molecule has 0 aromatic rings. The number of halogens is 3. The van der Waals surface area contributed by atoms with Crippen LogP contribution in [0.15, 0.2) is 11.8 Å². The van der Waals surface area contributed by atoms with Crippen LogP contribution < -0.4 is 0 Å². The van der Waals surface area contributed by atoms with Crippen molar-refractivity contribution < 1.29 is 27.4 Å². The maximum Gasteiger partial charge on any atom is 0.448 e. The van der Waals surface area contributed by atoms with E-state index in [4.69, 9.17) is 4.74 Å². The van der Waals surface area contributed by atoms with Gasteiger partial charge in [0.25, 0.3) is 0 Å². The Hall–Kier alpha value is -1.20. The lowest BCUT2D eigenvalue weighted by Crippen LogP contribution is -2.14. The van der Waals surface area contributed by atoms with E-state index in [1.807, 2.05) is 0 Å². The van der Waals surface area contributed by atoms with Crippen LogP contribution in [-0.2, 0) is 14.3 Å². The van der Waals surface area contributed by atoms with Crippen LogP contribution >= 0.6 is 0 Å². The van der Waals surface area contributed by atoms with Crippen molar-refractivity contribution in [2.75, 3.05) is 13.7 Å². The first-order valence-electron chi connectivity index (χ1n) is 5.65. The molecule has 0 spiro atoms. The molecule has 2 unspecified atom stereocenters. The van der Waals surface area contributed by atoms with Gasteiger partial charge in [-0.05, 0) is 18.4 Å². The number of alkyl halides is 3. The Morgan fingerprint density at radius 1 is 1.39 bits per heavy atom. The van der Waals surface area contributed by atoms with E-state index in [0.717, 1.165) is 13.2 Å². The minimum absolute atomic E-state index is 0.220. The third-order valence-corrected chi connectivity index (χ3v) is 3.28. The molecule has 2 atom stereocenters. The van der Waals surface area contributed by atoms with Crippen LogP contribution in [0.4, 0.5) is 13.2 Å². The molecule has 1 saturated carbocycles. The first-order valence-corrected chi connectivity index (χ1v) is 5.65. The second-order valence-electron chi connectivity index (χ2n) is 4.81. The number of ether oxygens (including phenoxy) is 2. The number of hydrogen-bond acceptors (Lipinski definition) is 3. The first-order chi connectivity index (χ1) is 8.16. The molecule has 0 radical (unpaired) electrons. The topological polar surface area (TPSA) is 35.5 Å². The van der Waals surface area contributed by atoms with Gasteiger partial charge < -0.3 is 9.47 Å². The Morgan fingerprint density at radius 2 is 1.94 bits per heavy atom. The van der Waals surface area contributed by atoms with E-state index >= 15 is 0 Å². The monoisotopic (exact) mass is 266 g/mol. The number of hydrogen-bond donors (Lipinski definition) is 0. The minimum Gasteiger partial charge on any atom is -0.492 e. The molecule has 104 valence electrons. The van der Waals surface area contributed by atoms with E-state index in [0.29, 0.717) is 0 Å². The zero-order valence-corrected chi connectivity index (χ0v) is 10.8. The molecule has 6 heteroatoms.